The predicted molar refractivity (Wildman–Crippen MR) is 129 cm³/mol. The molecule has 10 heteroatoms. The Balaban J connectivity index is 1.28. The Morgan fingerprint density at radius 2 is 2.09 bits per heavy atom. The number of pyridine rings is 2. The van der Waals surface area contributed by atoms with Crippen molar-refractivity contribution in [1.82, 2.24) is 25.9 Å². The number of urea groups is 1. The Labute approximate surface area is 202 Å². The Kier molecular flexibility index (Phi) is 5.57. The second kappa shape index (κ2) is 8.74. The summed E-state index contributed by atoms with van der Waals surface area (Å²) in [6.45, 7) is 3.64. The van der Waals surface area contributed by atoms with E-state index in [1.165, 1.54) is 24.6 Å². The van der Waals surface area contributed by atoms with Crippen molar-refractivity contribution in [3.63, 3.8) is 0 Å². The molecule has 1 saturated heterocycles. The fourth-order valence-corrected chi connectivity index (χ4v) is 6.56. The third-order valence-electron chi connectivity index (χ3n) is 7.06. The van der Waals surface area contributed by atoms with E-state index in [-0.39, 0.29) is 24.1 Å². The molecule has 4 aliphatic rings. The molecule has 3 amide bonds. The highest BCUT2D eigenvalue weighted by atomic mass is 32.2. The molecule has 6 rings (SSSR count). The number of ether oxygens (including phenoxy) is 1. The zero-order valence-corrected chi connectivity index (χ0v) is 19.9. The number of amides is 3. The molecular formula is C24H28N6O3S. The first-order chi connectivity index (χ1) is 16.6. The lowest BCUT2D eigenvalue weighted by atomic mass is 9.99. The quantitative estimate of drug-likeness (QED) is 0.604. The molecule has 2 aromatic rings. The van der Waals surface area contributed by atoms with Crippen LogP contribution in [-0.4, -0.2) is 52.4 Å². The molecule has 0 radical (unpaired) electrons. The van der Waals surface area contributed by atoms with E-state index in [0.717, 1.165) is 54.2 Å². The van der Waals surface area contributed by atoms with Crippen LogP contribution in [0.2, 0.25) is 0 Å². The first-order valence-corrected chi connectivity index (χ1v) is 12.9. The number of thioether (sulfide) groups is 1. The van der Waals surface area contributed by atoms with Crippen LogP contribution in [0.15, 0.2) is 29.6 Å². The highest BCUT2D eigenvalue weighted by Crippen LogP contribution is 2.50. The average Bonchev–Trinajstić information content (AvgIpc) is 3.58. The number of hydrogen-bond acceptors (Lipinski definition) is 7. The van der Waals surface area contributed by atoms with Crippen molar-refractivity contribution in [3.05, 3.63) is 35.7 Å². The largest absolute Gasteiger partial charge is 0.474 e. The fraction of sp³-hybridized carbons (Fsp3) is 0.500. The topological polar surface area (TPSA) is 108 Å². The van der Waals surface area contributed by atoms with Gasteiger partial charge in [0.05, 0.1) is 23.6 Å². The smallest absolute Gasteiger partial charge is 0.327 e. The zero-order chi connectivity index (χ0) is 23.2. The van der Waals surface area contributed by atoms with Crippen molar-refractivity contribution in [1.29, 1.82) is 0 Å². The Morgan fingerprint density at radius 1 is 1.24 bits per heavy atom. The van der Waals surface area contributed by atoms with Crippen LogP contribution >= 0.6 is 11.8 Å². The van der Waals surface area contributed by atoms with Crippen LogP contribution in [0.5, 0.6) is 5.88 Å². The minimum absolute atomic E-state index is 0.0624. The standard InChI is InChI=1S/C24H28N6O3S/c1-13-10-18(33-15-4-2-3-5-15)27-12-17(13)30-16-7-9-26-23-19(16)20(29-24(30)32)21(34-23)22(31)28-14-6-8-25-11-14/h7,9-10,12,14-15,20-21,25H,2-6,8,11H2,1H3,(H,28,31)(H,29,32)/t14?,20?,21-/m1/s1. The van der Waals surface area contributed by atoms with Crippen LogP contribution in [0.3, 0.4) is 0 Å². The van der Waals surface area contributed by atoms with Gasteiger partial charge in [-0.3, -0.25) is 9.69 Å². The van der Waals surface area contributed by atoms with E-state index in [1.807, 2.05) is 19.1 Å². The number of carbonyl (C=O) groups is 2. The molecule has 3 N–H and O–H groups in total. The number of rotatable bonds is 5. The zero-order valence-electron chi connectivity index (χ0n) is 19.0. The summed E-state index contributed by atoms with van der Waals surface area (Å²) in [4.78, 5) is 37.1. The number of carbonyl (C=O) groups excluding carboxylic acids is 2. The Bertz CT molecular complexity index is 1130. The van der Waals surface area contributed by atoms with Crippen molar-refractivity contribution in [2.24, 2.45) is 0 Å². The number of nitrogens with one attached hydrogen (secondary N) is 3. The summed E-state index contributed by atoms with van der Waals surface area (Å²) in [5.74, 6) is 0.532. The van der Waals surface area contributed by atoms with Crippen molar-refractivity contribution in [2.75, 3.05) is 18.0 Å². The van der Waals surface area contributed by atoms with Gasteiger partial charge in [-0.25, -0.2) is 14.8 Å². The maximum Gasteiger partial charge on any atom is 0.327 e. The van der Waals surface area contributed by atoms with Crippen LogP contribution in [0.4, 0.5) is 16.2 Å². The number of aromatic nitrogens is 2. The summed E-state index contributed by atoms with van der Waals surface area (Å²) in [5, 5.41) is 9.80. The molecule has 3 aliphatic heterocycles. The number of hydrogen-bond donors (Lipinski definition) is 3. The second-order valence-electron chi connectivity index (χ2n) is 9.38. The van der Waals surface area contributed by atoms with Gasteiger partial charge in [-0.05, 0) is 57.2 Å². The summed E-state index contributed by atoms with van der Waals surface area (Å²) >= 11 is 1.42. The van der Waals surface area contributed by atoms with Crippen LogP contribution < -0.4 is 25.6 Å². The average molecular weight is 481 g/mol. The van der Waals surface area contributed by atoms with Gasteiger partial charge in [0.15, 0.2) is 0 Å². The molecule has 1 aliphatic carbocycles. The van der Waals surface area contributed by atoms with Gasteiger partial charge in [-0.1, -0.05) is 11.8 Å². The predicted octanol–water partition coefficient (Wildman–Crippen LogP) is 2.96. The van der Waals surface area contributed by atoms with Crippen molar-refractivity contribution in [3.8, 4) is 5.88 Å². The van der Waals surface area contributed by atoms with E-state index >= 15 is 0 Å². The van der Waals surface area contributed by atoms with Gasteiger partial charge in [-0.2, -0.15) is 0 Å². The summed E-state index contributed by atoms with van der Waals surface area (Å²) in [6.07, 6.45) is 9.04. The van der Waals surface area contributed by atoms with E-state index < -0.39 is 11.3 Å². The van der Waals surface area contributed by atoms with Crippen molar-refractivity contribution in [2.45, 2.75) is 67.5 Å². The Hall–Kier alpha value is -2.85. The molecule has 0 spiro atoms. The minimum Gasteiger partial charge on any atom is -0.474 e. The van der Waals surface area contributed by atoms with E-state index in [4.69, 9.17) is 4.74 Å². The third-order valence-corrected chi connectivity index (χ3v) is 8.35. The number of anilines is 2. The van der Waals surface area contributed by atoms with Crippen LogP contribution in [0, 0.1) is 6.92 Å². The summed E-state index contributed by atoms with van der Waals surface area (Å²) < 4.78 is 6.04. The highest BCUT2D eigenvalue weighted by molar-refractivity contribution is 8.01. The van der Waals surface area contributed by atoms with E-state index in [9.17, 15) is 9.59 Å². The van der Waals surface area contributed by atoms with Crippen LogP contribution in [-0.2, 0) is 4.79 Å². The molecule has 1 saturated carbocycles. The van der Waals surface area contributed by atoms with Gasteiger partial charge < -0.3 is 20.7 Å². The molecule has 2 unspecified atom stereocenters. The van der Waals surface area contributed by atoms with E-state index in [0.29, 0.717) is 11.6 Å². The second-order valence-corrected chi connectivity index (χ2v) is 10.5. The molecule has 0 bridgehead atoms. The number of aryl methyl sites for hydroxylation is 1. The maximum atomic E-state index is 13.4. The Morgan fingerprint density at radius 3 is 2.85 bits per heavy atom. The molecule has 3 atom stereocenters. The molecule has 2 aromatic heterocycles. The van der Waals surface area contributed by atoms with Gasteiger partial charge in [0.25, 0.3) is 0 Å². The van der Waals surface area contributed by atoms with Crippen LogP contribution in [0.1, 0.15) is 49.3 Å². The molecule has 34 heavy (non-hydrogen) atoms. The summed E-state index contributed by atoms with van der Waals surface area (Å²) in [6, 6.07) is 3.18. The van der Waals surface area contributed by atoms with Crippen LogP contribution in [0.25, 0.3) is 0 Å². The third kappa shape index (κ3) is 3.78. The first-order valence-electron chi connectivity index (χ1n) is 12.0. The van der Waals surface area contributed by atoms with Gasteiger partial charge in [0.2, 0.25) is 11.8 Å². The molecule has 2 fully saturated rings. The first kappa shape index (κ1) is 21.7. The molecular weight excluding hydrogens is 452 g/mol. The van der Waals surface area contributed by atoms with Gasteiger partial charge in [0, 0.05) is 30.4 Å². The van der Waals surface area contributed by atoms with Crippen molar-refractivity contribution >= 4 is 35.1 Å². The van der Waals surface area contributed by atoms with Crippen molar-refractivity contribution < 1.29 is 14.3 Å². The maximum absolute atomic E-state index is 13.4. The highest BCUT2D eigenvalue weighted by Gasteiger charge is 2.47. The number of nitrogens with zero attached hydrogens (tertiary/aromatic N) is 3. The summed E-state index contributed by atoms with van der Waals surface area (Å²) in [7, 11) is 0. The lowest BCUT2D eigenvalue weighted by Gasteiger charge is -2.34. The normalized spacial score (nSPS) is 25.9. The van der Waals surface area contributed by atoms with E-state index in [1.54, 1.807) is 17.3 Å². The van der Waals surface area contributed by atoms with Gasteiger partial charge in [0.1, 0.15) is 16.4 Å². The van der Waals surface area contributed by atoms with E-state index in [2.05, 4.69) is 25.9 Å². The monoisotopic (exact) mass is 480 g/mol. The molecule has 9 nitrogen and oxygen atoms in total. The van der Waals surface area contributed by atoms with Gasteiger partial charge >= 0.3 is 6.03 Å². The molecule has 5 heterocycles. The minimum atomic E-state index is -0.447. The molecule has 178 valence electrons. The lowest BCUT2D eigenvalue weighted by Crippen LogP contribution is -2.50. The molecule has 0 aromatic carbocycles. The van der Waals surface area contributed by atoms with Gasteiger partial charge in [-0.15, -0.1) is 0 Å². The summed E-state index contributed by atoms with van der Waals surface area (Å²) in [5.41, 5.74) is 3.23. The SMILES string of the molecule is Cc1cc(OC2CCCC2)ncc1N1C(=O)NC2c3c1ccnc3S[C@H]2C(=O)NC1CCNC1. The fourth-order valence-electron chi connectivity index (χ4n) is 5.32. The lowest BCUT2D eigenvalue weighted by molar-refractivity contribution is -0.121.